The van der Waals surface area contributed by atoms with Crippen molar-refractivity contribution in [2.24, 2.45) is 0 Å². The second-order valence-electron chi connectivity index (χ2n) is 6.30. The highest BCUT2D eigenvalue weighted by Crippen LogP contribution is 2.41. The Kier molecular flexibility index (Phi) is 5.76. The summed E-state index contributed by atoms with van der Waals surface area (Å²) in [5.41, 5.74) is 9.69. The van der Waals surface area contributed by atoms with Crippen LogP contribution >= 0.6 is 11.3 Å². The van der Waals surface area contributed by atoms with Gasteiger partial charge in [0.1, 0.15) is 22.1 Å². The Hall–Kier alpha value is -1.74. The average Bonchev–Trinajstić information content (AvgIpc) is 2.96. The molecule has 3 aromatic rings. The van der Waals surface area contributed by atoms with Gasteiger partial charge >= 0.3 is 0 Å². The maximum absolute atomic E-state index is 12.6. The fourth-order valence-corrected chi connectivity index (χ4v) is 5.25. The van der Waals surface area contributed by atoms with Crippen LogP contribution in [0.4, 0.5) is 5.69 Å². The van der Waals surface area contributed by atoms with Crippen molar-refractivity contribution in [2.75, 3.05) is 25.2 Å². The van der Waals surface area contributed by atoms with E-state index >= 15 is 0 Å². The van der Waals surface area contributed by atoms with Gasteiger partial charge < -0.3 is 15.0 Å². The number of rotatable bonds is 6. The summed E-state index contributed by atoms with van der Waals surface area (Å²) in [6, 6.07) is 2.03. The Labute approximate surface area is 160 Å². The van der Waals surface area contributed by atoms with E-state index in [0.29, 0.717) is 22.3 Å². The van der Waals surface area contributed by atoms with E-state index in [4.69, 9.17) is 15.5 Å². The molecule has 6 nitrogen and oxygen atoms in total. The normalized spacial score (nSPS) is 12.8. The first-order valence-corrected chi connectivity index (χ1v) is 10.4. The minimum absolute atomic E-state index is 0.253. The number of hydrogen-bond acceptors (Lipinski definition) is 7. The van der Waals surface area contributed by atoms with Gasteiger partial charge in [-0.2, -0.15) is 0 Å². The topological polar surface area (TPSA) is 97.0 Å². The van der Waals surface area contributed by atoms with Crippen LogP contribution in [-0.2, 0) is 15.9 Å². The van der Waals surface area contributed by atoms with Crippen LogP contribution in [0.2, 0.25) is 0 Å². The first kappa shape index (κ1) is 19.0. The Morgan fingerprint density at radius 1 is 1.31 bits per heavy atom. The molecule has 8 heteroatoms. The fourth-order valence-electron chi connectivity index (χ4n) is 2.68. The Morgan fingerprint density at radius 3 is 2.62 bits per heavy atom. The molecule has 0 unspecified atom stereocenters. The van der Waals surface area contributed by atoms with Gasteiger partial charge in [0, 0.05) is 41.6 Å². The zero-order valence-corrected chi connectivity index (χ0v) is 16.9. The van der Waals surface area contributed by atoms with Crippen LogP contribution in [0.25, 0.3) is 21.5 Å². The van der Waals surface area contributed by atoms with Crippen LogP contribution in [0.1, 0.15) is 31.2 Å². The van der Waals surface area contributed by atoms with Crippen molar-refractivity contribution < 1.29 is 9.29 Å². The predicted molar refractivity (Wildman–Crippen MR) is 107 cm³/mol. The van der Waals surface area contributed by atoms with Crippen molar-refractivity contribution in [1.82, 2.24) is 15.0 Å². The molecule has 0 aliphatic rings. The van der Waals surface area contributed by atoms with Gasteiger partial charge in [0.2, 0.25) is 4.21 Å². The molecule has 0 amide bonds. The second kappa shape index (κ2) is 7.87. The number of nitrogens with two attached hydrogens (primary N) is 1. The maximum Gasteiger partial charge on any atom is 0.232 e. The highest BCUT2D eigenvalue weighted by Gasteiger charge is 2.25. The van der Waals surface area contributed by atoms with Gasteiger partial charge in [0.15, 0.2) is 0 Å². The number of aromatic nitrogens is 3. The third-order valence-electron chi connectivity index (χ3n) is 4.07. The van der Waals surface area contributed by atoms with Crippen LogP contribution in [0.5, 0.6) is 0 Å². The molecule has 0 spiro atoms. The summed E-state index contributed by atoms with van der Waals surface area (Å²) in [5.74, 6) is 1.39. The van der Waals surface area contributed by atoms with Crippen LogP contribution in [0.15, 0.2) is 22.7 Å². The van der Waals surface area contributed by atoms with Crippen molar-refractivity contribution in [3.8, 4) is 11.3 Å². The van der Waals surface area contributed by atoms with Gasteiger partial charge in [-0.05, 0) is 24.5 Å². The van der Waals surface area contributed by atoms with E-state index in [1.807, 2.05) is 13.0 Å². The molecule has 3 aromatic heterocycles. The molecule has 3 heterocycles. The first-order valence-electron chi connectivity index (χ1n) is 8.31. The third kappa shape index (κ3) is 3.68. The van der Waals surface area contributed by atoms with Crippen molar-refractivity contribution in [1.29, 1.82) is 0 Å². The van der Waals surface area contributed by atoms with E-state index in [-0.39, 0.29) is 5.92 Å². The summed E-state index contributed by atoms with van der Waals surface area (Å²) >= 11 is 0.194. The molecule has 0 bridgehead atoms. The zero-order valence-electron chi connectivity index (χ0n) is 15.3. The molecule has 3 rings (SSSR count). The van der Waals surface area contributed by atoms with Crippen LogP contribution < -0.4 is 5.73 Å². The molecular formula is C18H22N4O2S2. The highest BCUT2D eigenvalue weighted by atomic mass is 32.2. The molecule has 0 aliphatic heterocycles. The maximum atomic E-state index is 12.6. The molecule has 0 radical (unpaired) electrons. The molecule has 138 valence electrons. The lowest BCUT2D eigenvalue weighted by molar-refractivity contribution is 0.217. The number of fused-ring (bicyclic) bond motifs is 1. The number of methoxy groups -OCH3 is 1. The fraction of sp³-hybridized carbons (Fsp3) is 0.389. The van der Waals surface area contributed by atoms with Gasteiger partial charge in [0.25, 0.3) is 0 Å². The van der Waals surface area contributed by atoms with Gasteiger partial charge in [-0.25, -0.2) is 15.0 Å². The molecule has 0 aliphatic carbocycles. The van der Waals surface area contributed by atoms with Crippen molar-refractivity contribution in [3.63, 3.8) is 0 Å². The van der Waals surface area contributed by atoms with Gasteiger partial charge in [0.05, 0.1) is 12.3 Å². The van der Waals surface area contributed by atoms with Crippen LogP contribution in [0.3, 0.4) is 0 Å². The number of ether oxygens (including phenoxy) is 1. The van der Waals surface area contributed by atoms with E-state index < -0.39 is 11.2 Å². The summed E-state index contributed by atoms with van der Waals surface area (Å²) in [6.07, 6.45) is 3.55. The van der Waals surface area contributed by atoms with Gasteiger partial charge in [-0.1, -0.05) is 25.2 Å². The number of pyridine rings is 1. The molecule has 26 heavy (non-hydrogen) atoms. The Balaban J connectivity index is 2.15. The van der Waals surface area contributed by atoms with E-state index in [1.54, 1.807) is 19.5 Å². The summed E-state index contributed by atoms with van der Waals surface area (Å²) in [7, 11) is 1.60. The van der Waals surface area contributed by atoms with Gasteiger partial charge in [-0.3, -0.25) is 0 Å². The lowest BCUT2D eigenvalue weighted by Gasteiger charge is -2.11. The Bertz CT molecular complexity index is 910. The highest BCUT2D eigenvalue weighted by molar-refractivity contribution is 7.93. The van der Waals surface area contributed by atoms with E-state index in [0.717, 1.165) is 32.9 Å². The molecule has 2 N–H and O–H groups in total. The zero-order chi connectivity index (χ0) is 18.8. The number of nitrogen functional groups attached to an aromatic ring is 1. The SMILES string of the molecule is COCC[S@+]([O-])c1sc2nc(-c3cnc(C)nc3)cc(C(C)C)c2c1N. The largest absolute Gasteiger partial charge is 0.611 e. The van der Waals surface area contributed by atoms with E-state index in [1.165, 1.54) is 11.3 Å². The monoisotopic (exact) mass is 390 g/mol. The lowest BCUT2D eigenvalue weighted by Crippen LogP contribution is -2.11. The number of thiophene rings is 1. The number of hydrogen-bond donors (Lipinski definition) is 1. The molecular weight excluding hydrogens is 368 g/mol. The number of nitrogens with zero attached hydrogens (tertiary/aromatic N) is 3. The summed E-state index contributed by atoms with van der Waals surface area (Å²) < 4.78 is 18.3. The standard InChI is InChI=1S/C18H22N4O2S2/c1-10(2)13-7-14(12-8-20-11(3)21-9-12)22-17-15(13)16(19)18(25-17)26(23)6-5-24-4/h7-10H,5-6,19H2,1-4H3/t26-/m0/s1. The minimum atomic E-state index is -1.20. The summed E-state index contributed by atoms with van der Waals surface area (Å²) in [6.45, 7) is 6.50. The van der Waals surface area contributed by atoms with Crippen LogP contribution in [-0.4, -0.2) is 39.0 Å². The number of anilines is 1. The van der Waals surface area contributed by atoms with E-state index in [9.17, 15) is 4.55 Å². The predicted octanol–water partition coefficient (Wildman–Crippen LogP) is 3.52. The summed E-state index contributed by atoms with van der Waals surface area (Å²) in [4.78, 5) is 14.1. The quantitative estimate of drug-likeness (QED) is 0.647. The number of aryl methyl sites for hydroxylation is 1. The second-order valence-corrected chi connectivity index (χ2v) is 9.06. The molecule has 0 saturated carbocycles. The van der Waals surface area contributed by atoms with Gasteiger partial charge in [-0.15, -0.1) is 0 Å². The third-order valence-corrected chi connectivity index (χ3v) is 6.95. The molecule has 0 fully saturated rings. The smallest absolute Gasteiger partial charge is 0.232 e. The minimum Gasteiger partial charge on any atom is -0.611 e. The van der Waals surface area contributed by atoms with Crippen LogP contribution in [0, 0.1) is 6.92 Å². The summed E-state index contributed by atoms with van der Waals surface area (Å²) in [5, 5.41) is 0.905. The lowest BCUT2D eigenvalue weighted by atomic mass is 9.98. The van der Waals surface area contributed by atoms with Crippen molar-refractivity contribution in [2.45, 2.75) is 30.9 Å². The van der Waals surface area contributed by atoms with Crippen molar-refractivity contribution >= 4 is 38.4 Å². The van der Waals surface area contributed by atoms with E-state index in [2.05, 4.69) is 23.8 Å². The molecule has 1 atom stereocenters. The Morgan fingerprint density at radius 2 is 2.00 bits per heavy atom. The molecule has 0 aromatic carbocycles. The first-order chi connectivity index (χ1) is 12.4. The average molecular weight is 391 g/mol. The molecule has 0 saturated heterocycles. The van der Waals surface area contributed by atoms with Crippen molar-refractivity contribution in [3.05, 3.63) is 29.8 Å².